The highest BCUT2D eigenvalue weighted by Gasteiger charge is 2.40. The lowest BCUT2D eigenvalue weighted by molar-refractivity contribution is -0.130. The van der Waals surface area contributed by atoms with Crippen molar-refractivity contribution in [3.05, 3.63) is 88.7 Å². The van der Waals surface area contributed by atoms with E-state index in [1.807, 2.05) is 24.3 Å². The van der Waals surface area contributed by atoms with E-state index in [9.17, 15) is 23.2 Å². The van der Waals surface area contributed by atoms with Gasteiger partial charge in [-0.3, -0.25) is 14.4 Å². The van der Waals surface area contributed by atoms with E-state index in [0.717, 1.165) is 17.7 Å². The molecule has 2 aromatic carbocycles. The molecule has 3 heterocycles. The van der Waals surface area contributed by atoms with Gasteiger partial charge in [-0.25, -0.2) is 8.78 Å². The minimum atomic E-state index is -0.784. The maximum Gasteiger partial charge on any atom is 0.270 e. The molecular weight excluding hydrogens is 532 g/mol. The first-order chi connectivity index (χ1) is 19.8. The largest absolute Gasteiger partial charge is 0.492 e. The number of carbonyl (C=O) groups excluding carboxylic acids is 3. The number of nitrogens with one attached hydrogen (secondary N) is 2. The molecule has 1 fully saturated rings. The van der Waals surface area contributed by atoms with Crippen LogP contribution in [0.4, 0.5) is 8.78 Å². The number of hydrogen-bond donors (Lipinski definition) is 2. The summed E-state index contributed by atoms with van der Waals surface area (Å²) in [5.41, 5.74) is 1.58. The van der Waals surface area contributed by atoms with Gasteiger partial charge in [0.05, 0.1) is 24.4 Å². The van der Waals surface area contributed by atoms with Crippen LogP contribution in [-0.4, -0.2) is 71.8 Å². The zero-order valence-electron chi connectivity index (χ0n) is 22.2. The van der Waals surface area contributed by atoms with Gasteiger partial charge in [0.1, 0.15) is 35.8 Å². The maximum absolute atomic E-state index is 14.2. The predicted octanol–water partition coefficient (Wildman–Crippen LogP) is 2.99. The van der Waals surface area contributed by atoms with Gasteiger partial charge in [0, 0.05) is 44.4 Å². The number of hydrogen-bond acceptors (Lipinski definition) is 5. The second kappa shape index (κ2) is 12.2. The van der Waals surface area contributed by atoms with Gasteiger partial charge in [-0.2, -0.15) is 5.26 Å². The van der Waals surface area contributed by atoms with E-state index < -0.39 is 17.6 Å². The van der Waals surface area contributed by atoms with E-state index >= 15 is 0 Å². The van der Waals surface area contributed by atoms with Crippen molar-refractivity contribution in [2.24, 2.45) is 5.92 Å². The predicted molar refractivity (Wildman–Crippen MR) is 144 cm³/mol. The molecule has 0 unspecified atom stereocenters. The van der Waals surface area contributed by atoms with Crippen molar-refractivity contribution in [1.29, 1.82) is 5.26 Å². The average Bonchev–Trinajstić information content (AvgIpc) is 3.63. The number of H-pyrrole nitrogens is 1. The van der Waals surface area contributed by atoms with E-state index in [1.165, 1.54) is 18.3 Å². The van der Waals surface area contributed by atoms with E-state index in [1.54, 1.807) is 15.9 Å². The number of nitrogens with zero attached hydrogens (tertiary/aromatic N) is 3. The number of nitriles is 1. The topological polar surface area (TPSA) is 119 Å². The number of amides is 3. The highest BCUT2D eigenvalue weighted by molar-refractivity contribution is 5.93. The Bertz CT molecular complexity index is 1500. The summed E-state index contributed by atoms with van der Waals surface area (Å²) in [5, 5.41) is 12.0. The third-order valence-electron chi connectivity index (χ3n) is 7.52. The first-order valence-corrected chi connectivity index (χ1v) is 13.4. The lowest BCUT2D eigenvalue weighted by atomic mass is 9.88. The summed E-state index contributed by atoms with van der Waals surface area (Å²) in [6, 6.07) is 13.9. The molecule has 3 aromatic rings. The van der Waals surface area contributed by atoms with Crippen LogP contribution in [0.3, 0.4) is 0 Å². The van der Waals surface area contributed by atoms with Crippen LogP contribution in [-0.2, 0) is 16.0 Å². The zero-order chi connectivity index (χ0) is 28.9. The van der Waals surface area contributed by atoms with Gasteiger partial charge in [-0.1, -0.05) is 18.2 Å². The van der Waals surface area contributed by atoms with Crippen molar-refractivity contribution < 1.29 is 27.9 Å². The molecule has 9 nitrogen and oxygen atoms in total. The molecule has 3 amide bonds. The Balaban J connectivity index is 1.32. The van der Waals surface area contributed by atoms with Crippen LogP contribution in [0.5, 0.6) is 5.75 Å². The molecular formula is C30H29F2N5O4. The van der Waals surface area contributed by atoms with Crippen LogP contribution >= 0.6 is 0 Å². The Morgan fingerprint density at radius 2 is 1.88 bits per heavy atom. The molecule has 2 aliphatic rings. The summed E-state index contributed by atoms with van der Waals surface area (Å²) in [5.74, 6) is -2.62. The van der Waals surface area contributed by atoms with E-state index in [2.05, 4.69) is 10.3 Å². The first kappa shape index (κ1) is 27.8. The first-order valence-electron chi connectivity index (χ1n) is 13.4. The number of halogens is 2. The molecule has 2 atom stereocenters. The van der Waals surface area contributed by atoms with E-state index in [4.69, 9.17) is 10.00 Å². The molecule has 212 valence electrons. The van der Waals surface area contributed by atoms with Gasteiger partial charge in [0.2, 0.25) is 11.8 Å². The van der Waals surface area contributed by atoms with E-state index in [-0.39, 0.29) is 55.3 Å². The zero-order valence-corrected chi connectivity index (χ0v) is 22.2. The Morgan fingerprint density at radius 3 is 2.66 bits per heavy atom. The monoisotopic (exact) mass is 561 g/mol. The minimum Gasteiger partial charge on any atom is -0.492 e. The Hall–Kier alpha value is -4.72. The molecule has 11 heteroatoms. The fourth-order valence-corrected chi connectivity index (χ4v) is 5.34. The number of likely N-dealkylation sites (tertiary alicyclic amines) is 1. The molecule has 1 saturated heterocycles. The highest BCUT2D eigenvalue weighted by atomic mass is 19.1. The molecule has 41 heavy (non-hydrogen) atoms. The number of ether oxygens (including phenoxy) is 1. The Labute approximate surface area is 235 Å². The highest BCUT2D eigenvalue weighted by Crippen LogP contribution is 2.35. The number of fused-ring (bicyclic) bond motifs is 4. The SMILES string of the molecule is N#Cc1c[nH]c(C(=O)N2CCCNC(=O)[C@H]3CN(C(=O)Cc4ccc(F)cc4F)C[C@@H]3c3cccc(c3)OCC2)c1. The third kappa shape index (κ3) is 6.38. The molecule has 0 saturated carbocycles. The summed E-state index contributed by atoms with van der Waals surface area (Å²) in [7, 11) is 0. The van der Waals surface area contributed by atoms with Crippen molar-refractivity contribution in [3.63, 3.8) is 0 Å². The summed E-state index contributed by atoms with van der Waals surface area (Å²) < 4.78 is 33.5. The van der Waals surface area contributed by atoms with Crippen molar-refractivity contribution in [2.45, 2.75) is 18.8 Å². The fraction of sp³-hybridized carbons (Fsp3) is 0.333. The summed E-state index contributed by atoms with van der Waals surface area (Å²) in [6.45, 7) is 1.62. The number of carbonyl (C=O) groups is 3. The molecule has 2 bridgehead atoms. The molecule has 2 aliphatic heterocycles. The van der Waals surface area contributed by atoms with Crippen LogP contribution in [0.1, 0.15) is 39.5 Å². The van der Waals surface area contributed by atoms with Gasteiger partial charge in [0.25, 0.3) is 5.91 Å². The lowest BCUT2D eigenvalue weighted by Crippen LogP contribution is -2.39. The summed E-state index contributed by atoms with van der Waals surface area (Å²) in [4.78, 5) is 45.6. The molecule has 1 aromatic heterocycles. The van der Waals surface area contributed by atoms with Gasteiger partial charge in [-0.15, -0.1) is 0 Å². The van der Waals surface area contributed by atoms with Crippen molar-refractivity contribution >= 4 is 17.7 Å². The number of benzene rings is 2. The second-order valence-electron chi connectivity index (χ2n) is 10.2. The molecule has 0 spiro atoms. The van der Waals surface area contributed by atoms with Crippen molar-refractivity contribution in [2.75, 3.05) is 39.3 Å². The van der Waals surface area contributed by atoms with Crippen LogP contribution in [0.2, 0.25) is 0 Å². The lowest BCUT2D eigenvalue weighted by Gasteiger charge is -2.24. The number of aromatic nitrogens is 1. The van der Waals surface area contributed by atoms with Gasteiger partial charge >= 0.3 is 0 Å². The van der Waals surface area contributed by atoms with Crippen LogP contribution < -0.4 is 10.1 Å². The van der Waals surface area contributed by atoms with Gasteiger partial charge in [-0.05, 0) is 41.8 Å². The maximum atomic E-state index is 14.2. The molecule has 0 radical (unpaired) electrons. The average molecular weight is 562 g/mol. The Kier molecular flexibility index (Phi) is 8.29. The quantitative estimate of drug-likeness (QED) is 0.510. The molecule has 2 N–H and O–H groups in total. The third-order valence-corrected chi connectivity index (χ3v) is 7.52. The standard InChI is InChI=1S/C30H29F2N5O4/c31-22-6-5-21(26(32)14-22)13-28(38)37-17-24-20-3-1-4-23(12-20)41-10-9-36(8-2-7-34-29(39)25(24)18-37)30(40)27-11-19(15-33)16-35-27/h1,3-6,11-12,14,16,24-25,35H,2,7-10,13,17-18H2,(H,34,39)/t24-,25+/m1/s1. The fourth-order valence-electron chi connectivity index (χ4n) is 5.34. The van der Waals surface area contributed by atoms with Crippen LogP contribution in [0.15, 0.2) is 54.7 Å². The number of rotatable bonds is 3. The van der Waals surface area contributed by atoms with E-state index in [0.29, 0.717) is 43.1 Å². The van der Waals surface area contributed by atoms with Crippen molar-refractivity contribution in [3.8, 4) is 11.8 Å². The van der Waals surface area contributed by atoms with Gasteiger partial charge in [0.15, 0.2) is 0 Å². The summed E-state index contributed by atoms with van der Waals surface area (Å²) >= 11 is 0. The normalized spacial score (nSPS) is 19.4. The minimum absolute atomic E-state index is 0.0944. The molecule has 0 aliphatic carbocycles. The van der Waals surface area contributed by atoms with Gasteiger partial charge < -0.3 is 24.8 Å². The van der Waals surface area contributed by atoms with Crippen molar-refractivity contribution in [1.82, 2.24) is 20.1 Å². The second-order valence-corrected chi connectivity index (χ2v) is 10.2. The smallest absolute Gasteiger partial charge is 0.270 e. The Morgan fingerprint density at radius 1 is 1.05 bits per heavy atom. The number of aromatic amines is 1. The molecule has 5 rings (SSSR count). The summed E-state index contributed by atoms with van der Waals surface area (Å²) in [6.07, 6.45) is 1.72. The van der Waals surface area contributed by atoms with Crippen LogP contribution in [0, 0.1) is 28.9 Å². The van der Waals surface area contributed by atoms with Crippen LogP contribution in [0.25, 0.3) is 0 Å².